The van der Waals surface area contributed by atoms with Crippen molar-refractivity contribution in [2.45, 2.75) is 25.8 Å². The number of carbonyl (C=O) groups is 2. The van der Waals surface area contributed by atoms with Gasteiger partial charge in [0, 0.05) is 24.0 Å². The van der Waals surface area contributed by atoms with Gasteiger partial charge in [0.1, 0.15) is 6.04 Å². The predicted molar refractivity (Wildman–Crippen MR) is 65.0 cm³/mol. The lowest BCUT2D eigenvalue weighted by molar-refractivity contribution is -0.145. The number of carbonyl (C=O) groups excluding carboxylic acids is 2. The molecule has 18 heavy (non-hydrogen) atoms. The van der Waals surface area contributed by atoms with E-state index in [9.17, 15) is 9.59 Å². The van der Waals surface area contributed by atoms with Crippen LogP contribution in [0.3, 0.4) is 0 Å². The molecule has 2 rings (SSSR count). The van der Waals surface area contributed by atoms with Gasteiger partial charge >= 0.3 is 5.97 Å². The van der Waals surface area contributed by atoms with Gasteiger partial charge in [0.2, 0.25) is 0 Å². The fourth-order valence-corrected chi connectivity index (χ4v) is 2.24. The van der Waals surface area contributed by atoms with E-state index in [1.807, 2.05) is 6.92 Å². The summed E-state index contributed by atoms with van der Waals surface area (Å²) in [7, 11) is 1.35. The van der Waals surface area contributed by atoms with Crippen LogP contribution in [-0.2, 0) is 9.53 Å². The highest BCUT2D eigenvalue weighted by Crippen LogP contribution is 2.21. The normalized spacial score (nSPS) is 18.8. The second-order valence-electron chi connectivity index (χ2n) is 4.37. The highest BCUT2D eigenvalue weighted by molar-refractivity contribution is 5.97. The molecule has 0 spiro atoms. The van der Waals surface area contributed by atoms with Gasteiger partial charge in [-0.05, 0) is 31.9 Å². The third-order valence-electron chi connectivity index (χ3n) is 3.13. The summed E-state index contributed by atoms with van der Waals surface area (Å²) in [5.74, 6) is -0.472. The Morgan fingerprint density at radius 3 is 2.94 bits per heavy atom. The number of methoxy groups -OCH3 is 1. The van der Waals surface area contributed by atoms with E-state index in [0.29, 0.717) is 18.5 Å². The van der Waals surface area contributed by atoms with Gasteiger partial charge in [-0.15, -0.1) is 0 Å². The van der Waals surface area contributed by atoms with E-state index in [0.717, 1.165) is 12.1 Å². The molecule has 1 aliphatic heterocycles. The van der Waals surface area contributed by atoms with Crippen molar-refractivity contribution in [1.82, 2.24) is 9.88 Å². The lowest BCUT2D eigenvalue weighted by atomic mass is 10.2. The molecule has 1 amide bonds. The summed E-state index contributed by atoms with van der Waals surface area (Å²) >= 11 is 0. The van der Waals surface area contributed by atoms with Gasteiger partial charge in [-0.1, -0.05) is 0 Å². The van der Waals surface area contributed by atoms with E-state index in [1.165, 1.54) is 7.11 Å². The Morgan fingerprint density at radius 2 is 2.28 bits per heavy atom. The van der Waals surface area contributed by atoms with Gasteiger partial charge in [-0.2, -0.15) is 0 Å². The van der Waals surface area contributed by atoms with Crippen LogP contribution in [-0.4, -0.2) is 41.5 Å². The lowest BCUT2D eigenvalue weighted by Crippen LogP contribution is -2.41. The minimum atomic E-state index is -0.448. The Hall–Kier alpha value is -1.91. The van der Waals surface area contributed by atoms with E-state index >= 15 is 0 Å². The molecule has 0 aliphatic carbocycles. The first-order valence-corrected chi connectivity index (χ1v) is 5.95. The molecule has 1 saturated heterocycles. The Bertz CT molecular complexity index is 473. The van der Waals surface area contributed by atoms with Crippen molar-refractivity contribution in [2.75, 3.05) is 13.7 Å². The number of ether oxygens (including phenoxy) is 1. The van der Waals surface area contributed by atoms with Crippen LogP contribution in [0, 0.1) is 6.92 Å². The van der Waals surface area contributed by atoms with E-state index in [4.69, 9.17) is 4.74 Å². The van der Waals surface area contributed by atoms with Gasteiger partial charge in [-0.25, -0.2) is 4.79 Å². The van der Waals surface area contributed by atoms with Crippen LogP contribution >= 0.6 is 0 Å². The van der Waals surface area contributed by atoms with E-state index < -0.39 is 6.04 Å². The van der Waals surface area contributed by atoms with E-state index in [2.05, 4.69) is 4.98 Å². The molecular weight excluding hydrogens is 232 g/mol. The lowest BCUT2D eigenvalue weighted by Gasteiger charge is -2.22. The number of likely N-dealkylation sites (tertiary alicyclic amines) is 1. The topological polar surface area (TPSA) is 59.5 Å². The van der Waals surface area contributed by atoms with Crippen LogP contribution in [0.5, 0.6) is 0 Å². The van der Waals surface area contributed by atoms with Gasteiger partial charge < -0.3 is 9.64 Å². The molecule has 0 radical (unpaired) electrons. The van der Waals surface area contributed by atoms with Crippen molar-refractivity contribution in [1.29, 1.82) is 0 Å². The Morgan fingerprint density at radius 1 is 1.50 bits per heavy atom. The zero-order valence-corrected chi connectivity index (χ0v) is 10.5. The Labute approximate surface area is 106 Å². The number of aromatic nitrogens is 1. The largest absolute Gasteiger partial charge is 0.467 e. The molecule has 2 heterocycles. The first-order valence-electron chi connectivity index (χ1n) is 5.95. The molecule has 5 nitrogen and oxygen atoms in total. The van der Waals surface area contributed by atoms with Crippen molar-refractivity contribution < 1.29 is 14.3 Å². The Balaban J connectivity index is 2.20. The van der Waals surface area contributed by atoms with Crippen molar-refractivity contribution in [2.24, 2.45) is 0 Å². The molecule has 0 bridgehead atoms. The molecule has 1 aromatic heterocycles. The average Bonchev–Trinajstić information content (AvgIpc) is 2.86. The maximum atomic E-state index is 12.3. The maximum Gasteiger partial charge on any atom is 0.328 e. The van der Waals surface area contributed by atoms with Crippen LogP contribution in [0.15, 0.2) is 18.3 Å². The minimum Gasteiger partial charge on any atom is -0.467 e. The summed E-state index contributed by atoms with van der Waals surface area (Å²) in [6, 6.07) is 2.95. The van der Waals surface area contributed by atoms with Crippen molar-refractivity contribution >= 4 is 11.9 Å². The van der Waals surface area contributed by atoms with E-state index in [1.54, 1.807) is 23.2 Å². The second-order valence-corrected chi connectivity index (χ2v) is 4.37. The molecular formula is C13H16N2O3. The van der Waals surface area contributed by atoms with E-state index in [-0.39, 0.29) is 11.9 Å². The fraction of sp³-hybridized carbons (Fsp3) is 0.462. The molecule has 1 unspecified atom stereocenters. The molecule has 1 aromatic rings. The molecule has 0 N–H and O–H groups in total. The van der Waals surface area contributed by atoms with Crippen LogP contribution in [0.2, 0.25) is 0 Å². The van der Waals surface area contributed by atoms with Crippen LogP contribution in [0.25, 0.3) is 0 Å². The number of esters is 1. The van der Waals surface area contributed by atoms with Crippen LogP contribution in [0.1, 0.15) is 28.9 Å². The smallest absolute Gasteiger partial charge is 0.328 e. The minimum absolute atomic E-state index is 0.131. The van der Waals surface area contributed by atoms with Crippen LogP contribution < -0.4 is 0 Å². The molecule has 96 valence electrons. The van der Waals surface area contributed by atoms with Crippen LogP contribution in [0.4, 0.5) is 0 Å². The summed E-state index contributed by atoms with van der Waals surface area (Å²) in [4.78, 5) is 29.6. The average molecular weight is 248 g/mol. The maximum absolute atomic E-state index is 12.3. The third-order valence-corrected chi connectivity index (χ3v) is 3.13. The third kappa shape index (κ3) is 2.34. The second kappa shape index (κ2) is 5.16. The zero-order valence-electron chi connectivity index (χ0n) is 10.5. The number of amides is 1. The highest BCUT2D eigenvalue weighted by atomic mass is 16.5. The zero-order chi connectivity index (χ0) is 13.1. The van der Waals surface area contributed by atoms with Gasteiger partial charge in [0.15, 0.2) is 0 Å². The summed E-state index contributed by atoms with van der Waals surface area (Å²) in [5, 5.41) is 0. The fourth-order valence-electron chi connectivity index (χ4n) is 2.24. The molecule has 1 aliphatic rings. The molecule has 1 atom stereocenters. The number of aryl methyl sites for hydroxylation is 1. The number of hydrogen-bond donors (Lipinski definition) is 0. The molecule has 0 saturated carbocycles. The molecule has 0 aromatic carbocycles. The quantitative estimate of drug-likeness (QED) is 0.737. The van der Waals surface area contributed by atoms with Crippen molar-refractivity contribution in [3.05, 3.63) is 29.6 Å². The summed E-state index contributed by atoms with van der Waals surface area (Å²) in [6.45, 7) is 2.43. The highest BCUT2D eigenvalue weighted by Gasteiger charge is 2.35. The SMILES string of the molecule is COC(=O)C1CCCN1C(=O)c1ccnc(C)c1. The molecule has 5 heteroatoms. The number of pyridine rings is 1. The van der Waals surface area contributed by atoms with Gasteiger partial charge in [-0.3, -0.25) is 9.78 Å². The summed E-state index contributed by atoms with van der Waals surface area (Å²) in [6.07, 6.45) is 3.10. The van der Waals surface area contributed by atoms with Gasteiger partial charge in [0.25, 0.3) is 5.91 Å². The standard InChI is InChI=1S/C13H16N2O3/c1-9-8-10(5-6-14-9)12(16)15-7-3-4-11(15)13(17)18-2/h5-6,8,11H,3-4,7H2,1-2H3. The number of rotatable bonds is 2. The summed E-state index contributed by atoms with van der Waals surface area (Å²) < 4.78 is 4.73. The van der Waals surface area contributed by atoms with Gasteiger partial charge in [0.05, 0.1) is 7.11 Å². The van der Waals surface area contributed by atoms with Crippen molar-refractivity contribution in [3.8, 4) is 0 Å². The first-order chi connectivity index (χ1) is 8.63. The Kier molecular flexibility index (Phi) is 3.60. The predicted octanol–water partition coefficient (Wildman–Crippen LogP) is 1.17. The van der Waals surface area contributed by atoms with Crippen molar-refractivity contribution in [3.63, 3.8) is 0 Å². The first kappa shape index (κ1) is 12.5. The molecule has 1 fully saturated rings. The number of nitrogens with zero attached hydrogens (tertiary/aromatic N) is 2. The number of hydrogen-bond acceptors (Lipinski definition) is 4. The monoisotopic (exact) mass is 248 g/mol. The summed E-state index contributed by atoms with van der Waals surface area (Å²) in [5.41, 5.74) is 1.35.